The van der Waals surface area contributed by atoms with E-state index in [1.165, 1.54) is 10.2 Å². The Morgan fingerprint density at radius 1 is 1.10 bits per heavy atom. The summed E-state index contributed by atoms with van der Waals surface area (Å²) < 4.78 is 1.27. The van der Waals surface area contributed by atoms with Gasteiger partial charge >= 0.3 is 0 Å². The molecule has 0 saturated heterocycles. The lowest BCUT2D eigenvalue weighted by atomic mass is 10.1. The number of pyridine rings is 1. The SMILES string of the molecule is CCN(Cc1ccccc1)c1ccc(C=Nn2c(C)cc(C)c(C#N)c2=O)cc1. The molecule has 146 valence electrons. The van der Waals surface area contributed by atoms with Gasteiger partial charge in [-0.1, -0.05) is 42.5 Å². The highest BCUT2D eigenvalue weighted by atomic mass is 16.1. The molecule has 29 heavy (non-hydrogen) atoms. The second-order valence-electron chi connectivity index (χ2n) is 6.91. The van der Waals surface area contributed by atoms with Crippen LogP contribution in [0.2, 0.25) is 0 Å². The number of hydrogen-bond acceptors (Lipinski definition) is 4. The molecule has 0 aliphatic rings. The molecule has 0 bridgehead atoms. The van der Waals surface area contributed by atoms with Crippen LogP contribution in [-0.4, -0.2) is 17.4 Å². The van der Waals surface area contributed by atoms with Gasteiger partial charge in [0.25, 0.3) is 5.56 Å². The Labute approximate surface area is 171 Å². The fourth-order valence-corrected chi connectivity index (χ4v) is 3.25. The van der Waals surface area contributed by atoms with Crippen molar-refractivity contribution in [1.82, 2.24) is 4.68 Å². The molecule has 0 amide bonds. The van der Waals surface area contributed by atoms with Gasteiger partial charge < -0.3 is 4.90 Å². The van der Waals surface area contributed by atoms with Crippen LogP contribution in [0.5, 0.6) is 0 Å². The molecular weight excluding hydrogens is 360 g/mol. The summed E-state index contributed by atoms with van der Waals surface area (Å²) in [6.45, 7) is 7.45. The van der Waals surface area contributed by atoms with Crippen LogP contribution in [-0.2, 0) is 6.54 Å². The minimum atomic E-state index is -0.391. The Bertz CT molecular complexity index is 1110. The zero-order valence-corrected chi connectivity index (χ0v) is 17.0. The van der Waals surface area contributed by atoms with Gasteiger partial charge in [0.2, 0.25) is 0 Å². The first-order valence-electron chi connectivity index (χ1n) is 9.60. The summed E-state index contributed by atoms with van der Waals surface area (Å²) in [6, 6.07) is 22.2. The molecule has 0 aliphatic heterocycles. The number of aromatic nitrogens is 1. The average Bonchev–Trinajstić information content (AvgIpc) is 2.73. The number of rotatable bonds is 6. The summed E-state index contributed by atoms with van der Waals surface area (Å²) in [6.07, 6.45) is 1.64. The normalized spacial score (nSPS) is 10.8. The van der Waals surface area contributed by atoms with Crippen LogP contribution in [0.3, 0.4) is 0 Å². The van der Waals surface area contributed by atoms with Crippen LogP contribution in [0.15, 0.2) is 70.6 Å². The summed E-state index contributed by atoms with van der Waals surface area (Å²) in [5, 5.41) is 13.5. The number of nitrogens with zero attached hydrogens (tertiary/aromatic N) is 4. The van der Waals surface area contributed by atoms with E-state index in [2.05, 4.69) is 53.3 Å². The lowest BCUT2D eigenvalue weighted by Crippen LogP contribution is -2.22. The van der Waals surface area contributed by atoms with Crippen molar-refractivity contribution in [3.8, 4) is 6.07 Å². The second kappa shape index (κ2) is 9.03. The van der Waals surface area contributed by atoms with Crippen LogP contribution in [0.25, 0.3) is 0 Å². The van der Waals surface area contributed by atoms with E-state index in [1.807, 2.05) is 24.3 Å². The predicted octanol–water partition coefficient (Wildman–Crippen LogP) is 4.25. The molecule has 1 aromatic heterocycles. The quantitative estimate of drug-likeness (QED) is 0.597. The second-order valence-corrected chi connectivity index (χ2v) is 6.91. The van der Waals surface area contributed by atoms with Crippen molar-refractivity contribution in [2.24, 2.45) is 5.10 Å². The highest BCUT2D eigenvalue weighted by Gasteiger charge is 2.09. The van der Waals surface area contributed by atoms with Crippen LogP contribution in [0, 0.1) is 25.2 Å². The number of nitriles is 1. The summed E-state index contributed by atoms with van der Waals surface area (Å²) in [5.41, 5.74) is 4.38. The Morgan fingerprint density at radius 3 is 2.41 bits per heavy atom. The average molecular weight is 384 g/mol. The first-order valence-corrected chi connectivity index (χ1v) is 9.60. The molecule has 1 heterocycles. The van der Waals surface area contributed by atoms with Gasteiger partial charge in [0.15, 0.2) is 0 Å². The van der Waals surface area contributed by atoms with Gasteiger partial charge in [-0.15, -0.1) is 0 Å². The lowest BCUT2D eigenvalue weighted by Gasteiger charge is -2.23. The van der Waals surface area contributed by atoms with Crippen LogP contribution in [0.1, 0.15) is 34.9 Å². The van der Waals surface area contributed by atoms with E-state index in [1.54, 1.807) is 26.1 Å². The van der Waals surface area contributed by atoms with Crippen molar-refractivity contribution < 1.29 is 0 Å². The van der Waals surface area contributed by atoms with Crippen LogP contribution < -0.4 is 10.5 Å². The summed E-state index contributed by atoms with van der Waals surface area (Å²) in [7, 11) is 0. The lowest BCUT2D eigenvalue weighted by molar-refractivity contribution is 0.786. The van der Waals surface area contributed by atoms with E-state index in [0.29, 0.717) is 11.3 Å². The Balaban J connectivity index is 1.81. The van der Waals surface area contributed by atoms with Gasteiger partial charge in [-0.25, -0.2) is 4.68 Å². The molecule has 5 heteroatoms. The molecule has 0 spiro atoms. The fraction of sp³-hybridized carbons (Fsp3) is 0.208. The minimum absolute atomic E-state index is 0.127. The molecule has 0 saturated carbocycles. The summed E-state index contributed by atoms with van der Waals surface area (Å²) >= 11 is 0. The Hall–Kier alpha value is -3.65. The van der Waals surface area contributed by atoms with E-state index >= 15 is 0 Å². The predicted molar refractivity (Wildman–Crippen MR) is 117 cm³/mol. The van der Waals surface area contributed by atoms with Crippen molar-refractivity contribution in [3.05, 3.63) is 99.0 Å². The molecule has 0 N–H and O–H groups in total. The number of benzene rings is 2. The molecule has 5 nitrogen and oxygen atoms in total. The van der Waals surface area contributed by atoms with Crippen molar-refractivity contribution >= 4 is 11.9 Å². The van der Waals surface area contributed by atoms with Crippen molar-refractivity contribution in [1.29, 1.82) is 5.26 Å². The van der Waals surface area contributed by atoms with E-state index in [0.717, 1.165) is 24.3 Å². The smallest absolute Gasteiger partial charge is 0.289 e. The maximum atomic E-state index is 12.4. The monoisotopic (exact) mass is 384 g/mol. The molecule has 0 radical (unpaired) electrons. The molecule has 3 aromatic rings. The molecule has 0 fully saturated rings. The zero-order valence-electron chi connectivity index (χ0n) is 17.0. The third-order valence-corrected chi connectivity index (χ3v) is 4.85. The van der Waals surface area contributed by atoms with E-state index in [4.69, 9.17) is 0 Å². The van der Waals surface area contributed by atoms with Crippen molar-refractivity contribution in [3.63, 3.8) is 0 Å². The van der Waals surface area contributed by atoms with Crippen molar-refractivity contribution in [2.75, 3.05) is 11.4 Å². The van der Waals surface area contributed by atoms with Crippen LogP contribution in [0.4, 0.5) is 5.69 Å². The maximum absolute atomic E-state index is 12.4. The molecular formula is C24H24N4O. The van der Waals surface area contributed by atoms with Gasteiger partial charge in [-0.3, -0.25) is 4.79 Å². The van der Waals surface area contributed by atoms with Crippen LogP contribution >= 0.6 is 0 Å². The summed E-state index contributed by atoms with van der Waals surface area (Å²) in [4.78, 5) is 14.7. The fourth-order valence-electron chi connectivity index (χ4n) is 3.25. The van der Waals surface area contributed by atoms with Gasteiger partial charge in [-0.05, 0) is 55.7 Å². The largest absolute Gasteiger partial charge is 0.367 e. The van der Waals surface area contributed by atoms with Crippen molar-refractivity contribution in [2.45, 2.75) is 27.3 Å². The number of aryl methyl sites for hydroxylation is 2. The molecule has 2 aromatic carbocycles. The number of hydrogen-bond donors (Lipinski definition) is 0. The number of anilines is 1. The standard InChI is InChI=1S/C24H24N4O/c1-4-27(17-21-8-6-5-7-9-21)22-12-10-20(11-13-22)16-26-28-19(3)14-18(2)23(15-25)24(28)29/h5-14,16H,4,17H2,1-3H3. The highest BCUT2D eigenvalue weighted by Crippen LogP contribution is 2.17. The Morgan fingerprint density at radius 2 is 1.79 bits per heavy atom. The zero-order chi connectivity index (χ0) is 20.8. The maximum Gasteiger partial charge on any atom is 0.289 e. The van der Waals surface area contributed by atoms with E-state index < -0.39 is 5.56 Å². The molecule has 0 atom stereocenters. The molecule has 0 unspecified atom stereocenters. The van der Waals surface area contributed by atoms with E-state index in [-0.39, 0.29) is 5.56 Å². The van der Waals surface area contributed by atoms with Gasteiger partial charge in [0, 0.05) is 24.5 Å². The molecule has 3 rings (SSSR count). The topological polar surface area (TPSA) is 61.4 Å². The summed E-state index contributed by atoms with van der Waals surface area (Å²) in [5.74, 6) is 0. The minimum Gasteiger partial charge on any atom is -0.367 e. The van der Waals surface area contributed by atoms with Gasteiger partial charge in [-0.2, -0.15) is 10.4 Å². The van der Waals surface area contributed by atoms with E-state index in [9.17, 15) is 10.1 Å². The van der Waals surface area contributed by atoms with Gasteiger partial charge in [0.1, 0.15) is 11.6 Å². The Kier molecular flexibility index (Phi) is 6.25. The third kappa shape index (κ3) is 4.61. The molecule has 0 aliphatic carbocycles. The first-order chi connectivity index (χ1) is 14.0. The third-order valence-electron chi connectivity index (χ3n) is 4.85. The highest BCUT2D eigenvalue weighted by molar-refractivity contribution is 5.80. The first kappa shape index (κ1) is 20.1. The van der Waals surface area contributed by atoms with Gasteiger partial charge in [0.05, 0.1) is 6.21 Å².